The first-order valence-corrected chi connectivity index (χ1v) is 6.33. The topological polar surface area (TPSA) is 88.2 Å². The molecule has 0 aliphatic heterocycles. The Bertz CT molecular complexity index is 617. The van der Waals surface area contributed by atoms with Crippen LogP contribution in [0.25, 0.3) is 0 Å². The van der Waals surface area contributed by atoms with Gasteiger partial charge in [-0.25, -0.2) is 9.78 Å². The normalized spacial score (nSPS) is 10.2. The number of pyridine rings is 1. The van der Waals surface area contributed by atoms with Crippen LogP contribution in [0.1, 0.15) is 15.9 Å². The lowest BCUT2D eigenvalue weighted by molar-refractivity contribution is 0.0698. The summed E-state index contributed by atoms with van der Waals surface area (Å²) in [6.45, 7) is 0.514. The molecule has 0 aliphatic rings. The van der Waals surface area contributed by atoms with Gasteiger partial charge in [0.2, 0.25) is 0 Å². The molecule has 2 aromatic rings. The number of rotatable bonds is 4. The molecule has 0 atom stereocenters. The predicted octanol–water partition coefficient (Wildman–Crippen LogP) is 2.74. The molecular weight excluding hydrogens is 310 g/mol. The molecular formula is C13H12BrN3O2. The van der Waals surface area contributed by atoms with Crippen LogP contribution < -0.4 is 11.1 Å². The van der Waals surface area contributed by atoms with Crippen LogP contribution in [0.3, 0.4) is 0 Å². The van der Waals surface area contributed by atoms with Crippen LogP contribution >= 0.6 is 15.9 Å². The number of nitrogens with zero attached hydrogens (tertiary/aromatic N) is 1. The van der Waals surface area contributed by atoms with Crippen molar-refractivity contribution in [2.45, 2.75) is 6.54 Å². The van der Waals surface area contributed by atoms with Crippen molar-refractivity contribution in [3.8, 4) is 0 Å². The number of hydrogen-bond donors (Lipinski definition) is 3. The number of aromatic carboxylic acids is 1. The highest BCUT2D eigenvalue weighted by Crippen LogP contribution is 2.21. The minimum absolute atomic E-state index is 0.0479. The van der Waals surface area contributed by atoms with E-state index in [0.717, 1.165) is 10.0 Å². The molecule has 6 heteroatoms. The average Bonchev–Trinajstić information content (AvgIpc) is 2.37. The van der Waals surface area contributed by atoms with Gasteiger partial charge < -0.3 is 16.2 Å². The number of aromatic nitrogens is 1. The zero-order chi connectivity index (χ0) is 13.8. The van der Waals surface area contributed by atoms with Gasteiger partial charge in [-0.05, 0) is 23.8 Å². The first kappa shape index (κ1) is 13.4. The van der Waals surface area contributed by atoms with Gasteiger partial charge in [0.05, 0.1) is 11.3 Å². The van der Waals surface area contributed by atoms with Gasteiger partial charge in [0.1, 0.15) is 5.82 Å². The third-order valence-electron chi connectivity index (χ3n) is 2.57. The molecule has 0 aliphatic carbocycles. The highest BCUT2D eigenvalue weighted by atomic mass is 79.9. The standard InChI is InChI=1S/C13H12BrN3O2/c14-9-3-1-2-8(6-9)7-17-12-11(15)10(13(18)19)4-5-16-12/h1-6H,7,15H2,(H,16,17)(H,18,19). The van der Waals surface area contributed by atoms with E-state index < -0.39 is 5.97 Å². The second-order valence-corrected chi connectivity index (χ2v) is 4.83. The van der Waals surface area contributed by atoms with Crippen LogP contribution in [0.2, 0.25) is 0 Å². The molecule has 0 bridgehead atoms. The smallest absolute Gasteiger partial charge is 0.337 e. The van der Waals surface area contributed by atoms with Crippen molar-refractivity contribution in [2.75, 3.05) is 11.1 Å². The van der Waals surface area contributed by atoms with Gasteiger partial charge in [0.15, 0.2) is 0 Å². The molecule has 0 fully saturated rings. The van der Waals surface area contributed by atoms with Gasteiger partial charge in [-0.15, -0.1) is 0 Å². The highest BCUT2D eigenvalue weighted by Gasteiger charge is 2.11. The summed E-state index contributed by atoms with van der Waals surface area (Å²) in [6.07, 6.45) is 1.42. The zero-order valence-corrected chi connectivity index (χ0v) is 11.5. The van der Waals surface area contributed by atoms with Gasteiger partial charge >= 0.3 is 5.97 Å². The van der Waals surface area contributed by atoms with Crippen LogP contribution in [0, 0.1) is 0 Å². The van der Waals surface area contributed by atoms with E-state index in [0.29, 0.717) is 12.4 Å². The fraction of sp³-hybridized carbons (Fsp3) is 0.0769. The number of nitrogens with one attached hydrogen (secondary N) is 1. The molecule has 5 nitrogen and oxygen atoms in total. The van der Waals surface area contributed by atoms with Gasteiger partial charge in [-0.3, -0.25) is 0 Å². The number of halogens is 1. The zero-order valence-electron chi connectivity index (χ0n) is 9.93. The van der Waals surface area contributed by atoms with Gasteiger partial charge in [-0.1, -0.05) is 28.1 Å². The van der Waals surface area contributed by atoms with Crippen molar-refractivity contribution in [3.05, 3.63) is 52.1 Å². The Labute approximate surface area is 118 Å². The Morgan fingerprint density at radius 3 is 2.89 bits per heavy atom. The van der Waals surface area contributed by atoms with Crippen molar-refractivity contribution < 1.29 is 9.90 Å². The number of carboxylic acid groups (broad SMARTS) is 1. The SMILES string of the molecule is Nc1c(C(=O)O)ccnc1NCc1cccc(Br)c1. The number of anilines is 2. The number of hydrogen-bond acceptors (Lipinski definition) is 4. The molecule has 0 amide bonds. The molecule has 0 unspecified atom stereocenters. The van der Waals surface area contributed by atoms with Gasteiger partial charge in [0.25, 0.3) is 0 Å². The van der Waals surface area contributed by atoms with E-state index in [1.807, 2.05) is 24.3 Å². The summed E-state index contributed by atoms with van der Waals surface area (Å²) < 4.78 is 0.979. The quantitative estimate of drug-likeness (QED) is 0.805. The molecule has 19 heavy (non-hydrogen) atoms. The molecule has 0 spiro atoms. The maximum absolute atomic E-state index is 11.0. The van der Waals surface area contributed by atoms with Crippen LogP contribution in [0.15, 0.2) is 41.0 Å². The van der Waals surface area contributed by atoms with E-state index in [-0.39, 0.29) is 11.3 Å². The predicted molar refractivity (Wildman–Crippen MR) is 77.1 cm³/mol. The van der Waals surface area contributed by atoms with E-state index in [9.17, 15) is 4.79 Å². The molecule has 1 heterocycles. The minimum Gasteiger partial charge on any atom is -0.478 e. The molecule has 0 saturated carbocycles. The van der Waals surface area contributed by atoms with E-state index >= 15 is 0 Å². The first-order valence-electron chi connectivity index (χ1n) is 5.54. The largest absolute Gasteiger partial charge is 0.478 e. The molecule has 1 aromatic carbocycles. The van der Waals surface area contributed by atoms with Crippen molar-refractivity contribution in [2.24, 2.45) is 0 Å². The van der Waals surface area contributed by atoms with Crippen molar-refractivity contribution in [1.82, 2.24) is 4.98 Å². The summed E-state index contributed by atoms with van der Waals surface area (Å²) in [5.74, 6) is -0.690. The Hall–Kier alpha value is -2.08. The van der Waals surface area contributed by atoms with Crippen molar-refractivity contribution in [3.63, 3.8) is 0 Å². The summed E-state index contributed by atoms with van der Waals surface area (Å²) in [4.78, 5) is 15.0. The van der Waals surface area contributed by atoms with Crippen LogP contribution in [-0.2, 0) is 6.54 Å². The summed E-state index contributed by atoms with van der Waals surface area (Å²) in [7, 11) is 0. The van der Waals surface area contributed by atoms with Crippen LogP contribution in [0.5, 0.6) is 0 Å². The Kier molecular flexibility index (Phi) is 4.01. The Morgan fingerprint density at radius 2 is 2.21 bits per heavy atom. The Morgan fingerprint density at radius 1 is 1.42 bits per heavy atom. The third-order valence-corrected chi connectivity index (χ3v) is 3.06. The fourth-order valence-electron chi connectivity index (χ4n) is 1.63. The first-order chi connectivity index (χ1) is 9.08. The summed E-state index contributed by atoms with van der Waals surface area (Å²) in [6, 6.07) is 9.15. The summed E-state index contributed by atoms with van der Waals surface area (Å²) >= 11 is 3.39. The molecule has 0 radical (unpaired) electrons. The molecule has 0 saturated heterocycles. The monoisotopic (exact) mass is 321 g/mol. The minimum atomic E-state index is -1.06. The van der Waals surface area contributed by atoms with E-state index in [1.165, 1.54) is 12.3 Å². The number of nitrogens with two attached hydrogens (primary N) is 1. The number of benzene rings is 1. The van der Waals surface area contributed by atoms with Crippen LogP contribution in [0.4, 0.5) is 11.5 Å². The highest BCUT2D eigenvalue weighted by molar-refractivity contribution is 9.10. The van der Waals surface area contributed by atoms with Gasteiger partial charge in [0, 0.05) is 17.2 Å². The number of carbonyl (C=O) groups is 1. The van der Waals surface area contributed by atoms with E-state index in [4.69, 9.17) is 10.8 Å². The average molecular weight is 322 g/mol. The van der Waals surface area contributed by atoms with E-state index in [1.54, 1.807) is 0 Å². The second-order valence-electron chi connectivity index (χ2n) is 3.91. The number of nitrogen functional groups attached to an aromatic ring is 1. The lowest BCUT2D eigenvalue weighted by Gasteiger charge is -2.10. The maximum atomic E-state index is 11.0. The lowest BCUT2D eigenvalue weighted by Crippen LogP contribution is -2.09. The lowest BCUT2D eigenvalue weighted by atomic mass is 10.2. The second kappa shape index (κ2) is 5.71. The summed E-state index contributed by atoms with van der Waals surface area (Å²) in [5.41, 5.74) is 6.99. The number of carboxylic acids is 1. The molecule has 98 valence electrons. The summed E-state index contributed by atoms with van der Waals surface area (Å²) in [5, 5.41) is 12.0. The fourth-order valence-corrected chi connectivity index (χ4v) is 2.08. The molecule has 1 aromatic heterocycles. The van der Waals surface area contributed by atoms with Crippen molar-refractivity contribution in [1.29, 1.82) is 0 Å². The maximum Gasteiger partial charge on any atom is 0.337 e. The van der Waals surface area contributed by atoms with Crippen LogP contribution in [-0.4, -0.2) is 16.1 Å². The molecule has 2 rings (SSSR count). The Balaban J connectivity index is 2.16. The third kappa shape index (κ3) is 3.23. The van der Waals surface area contributed by atoms with E-state index in [2.05, 4.69) is 26.2 Å². The molecule has 4 N–H and O–H groups in total. The van der Waals surface area contributed by atoms with Gasteiger partial charge in [-0.2, -0.15) is 0 Å². The van der Waals surface area contributed by atoms with Crippen molar-refractivity contribution >= 4 is 33.4 Å².